The maximum atomic E-state index is 11.9. The lowest BCUT2D eigenvalue weighted by atomic mass is 9.84. The molecule has 0 heterocycles. The van der Waals surface area contributed by atoms with E-state index in [0.29, 0.717) is 25.0 Å². The highest BCUT2D eigenvalue weighted by molar-refractivity contribution is 5.78. The minimum absolute atomic E-state index is 0.152. The van der Waals surface area contributed by atoms with Gasteiger partial charge in [-0.15, -0.1) is 0 Å². The third-order valence-electron chi connectivity index (χ3n) is 3.82. The fourth-order valence-electron chi connectivity index (χ4n) is 2.58. The van der Waals surface area contributed by atoms with Crippen LogP contribution in [0.1, 0.15) is 39.5 Å². The summed E-state index contributed by atoms with van der Waals surface area (Å²) < 4.78 is 0. The van der Waals surface area contributed by atoms with Gasteiger partial charge in [0, 0.05) is 6.04 Å². The number of nitrogens with zero attached hydrogens (tertiary/aromatic N) is 1. The molecule has 0 radical (unpaired) electrons. The van der Waals surface area contributed by atoms with Crippen LogP contribution in [0.5, 0.6) is 0 Å². The first kappa shape index (κ1) is 14.5. The van der Waals surface area contributed by atoms with Gasteiger partial charge in [-0.2, -0.15) is 0 Å². The summed E-state index contributed by atoms with van der Waals surface area (Å²) >= 11 is 0. The Balaban J connectivity index is 2.38. The lowest BCUT2D eigenvalue weighted by molar-refractivity contribution is -0.123. The molecule has 1 amide bonds. The van der Waals surface area contributed by atoms with Gasteiger partial charge in [-0.25, -0.2) is 0 Å². The van der Waals surface area contributed by atoms with Gasteiger partial charge in [-0.1, -0.05) is 26.7 Å². The van der Waals surface area contributed by atoms with E-state index in [2.05, 4.69) is 24.1 Å². The van der Waals surface area contributed by atoms with Gasteiger partial charge in [0.15, 0.2) is 0 Å². The number of likely N-dealkylation sites (N-methyl/N-ethyl adjacent to an activating group) is 1. The van der Waals surface area contributed by atoms with E-state index < -0.39 is 0 Å². The molecule has 0 aliphatic heterocycles. The molecule has 4 heteroatoms. The van der Waals surface area contributed by atoms with Crippen molar-refractivity contribution in [3.05, 3.63) is 0 Å². The van der Waals surface area contributed by atoms with Crippen molar-refractivity contribution in [2.24, 2.45) is 11.7 Å². The number of nitrogens with one attached hydrogen (secondary N) is 1. The van der Waals surface area contributed by atoms with Crippen LogP contribution in [0.4, 0.5) is 0 Å². The number of nitrogens with two attached hydrogens (primary N) is 1. The zero-order valence-electron chi connectivity index (χ0n) is 11.2. The van der Waals surface area contributed by atoms with E-state index in [1.165, 1.54) is 12.8 Å². The molecule has 0 spiro atoms. The number of rotatable bonds is 6. The first-order valence-corrected chi connectivity index (χ1v) is 6.93. The van der Waals surface area contributed by atoms with Gasteiger partial charge in [-0.3, -0.25) is 9.69 Å². The van der Waals surface area contributed by atoms with Crippen molar-refractivity contribution < 1.29 is 4.79 Å². The highest BCUT2D eigenvalue weighted by Crippen LogP contribution is 2.23. The van der Waals surface area contributed by atoms with Crippen molar-refractivity contribution in [1.82, 2.24) is 10.2 Å². The minimum Gasteiger partial charge on any atom is -0.352 e. The molecule has 1 aliphatic carbocycles. The van der Waals surface area contributed by atoms with E-state index in [-0.39, 0.29) is 5.91 Å². The Bertz CT molecular complexity index is 229. The van der Waals surface area contributed by atoms with Crippen LogP contribution in [0.15, 0.2) is 0 Å². The fourth-order valence-corrected chi connectivity index (χ4v) is 2.58. The van der Waals surface area contributed by atoms with Crippen LogP contribution in [-0.4, -0.2) is 43.0 Å². The summed E-state index contributed by atoms with van der Waals surface area (Å²) in [5.74, 6) is 0.628. The molecular formula is C13H27N3O. The average Bonchev–Trinajstić information content (AvgIpc) is 2.36. The molecule has 1 rings (SSSR count). The van der Waals surface area contributed by atoms with E-state index in [1.807, 2.05) is 0 Å². The van der Waals surface area contributed by atoms with Crippen LogP contribution in [0.3, 0.4) is 0 Å². The van der Waals surface area contributed by atoms with E-state index in [0.717, 1.165) is 25.9 Å². The molecule has 0 aromatic rings. The summed E-state index contributed by atoms with van der Waals surface area (Å²) in [7, 11) is 0. The second kappa shape index (κ2) is 7.67. The monoisotopic (exact) mass is 241 g/mol. The Hall–Kier alpha value is -0.610. The van der Waals surface area contributed by atoms with Crippen LogP contribution in [0.2, 0.25) is 0 Å². The normalized spacial score (nSPS) is 24.9. The molecule has 1 saturated carbocycles. The summed E-state index contributed by atoms with van der Waals surface area (Å²) in [5, 5.41) is 3.16. The second-order valence-electron chi connectivity index (χ2n) is 4.92. The number of carbonyl (C=O) groups is 1. The van der Waals surface area contributed by atoms with Crippen molar-refractivity contribution in [3.8, 4) is 0 Å². The number of hydrogen-bond acceptors (Lipinski definition) is 3. The summed E-state index contributed by atoms with van der Waals surface area (Å²) in [4.78, 5) is 14.0. The van der Waals surface area contributed by atoms with Crippen LogP contribution in [0, 0.1) is 5.92 Å². The topological polar surface area (TPSA) is 58.4 Å². The summed E-state index contributed by atoms with van der Waals surface area (Å²) in [6.45, 7) is 7.22. The molecular weight excluding hydrogens is 214 g/mol. The molecule has 17 heavy (non-hydrogen) atoms. The van der Waals surface area contributed by atoms with Gasteiger partial charge >= 0.3 is 0 Å². The summed E-state index contributed by atoms with van der Waals surface area (Å²) in [6, 6.07) is 0.303. The van der Waals surface area contributed by atoms with E-state index in [1.54, 1.807) is 0 Å². The Kier molecular flexibility index (Phi) is 6.52. The molecule has 100 valence electrons. The molecule has 2 atom stereocenters. The van der Waals surface area contributed by atoms with Crippen molar-refractivity contribution in [2.75, 3.05) is 26.2 Å². The maximum absolute atomic E-state index is 11.9. The standard InChI is InChI=1S/C13H27N3O/c1-3-16(4-2)10-13(17)15-12-8-6-5-7-11(12)9-14/h11-12H,3-10,14H2,1-2H3,(H,15,17). The van der Waals surface area contributed by atoms with E-state index in [9.17, 15) is 4.79 Å². The van der Waals surface area contributed by atoms with Gasteiger partial charge in [0.2, 0.25) is 5.91 Å². The second-order valence-corrected chi connectivity index (χ2v) is 4.92. The number of hydrogen-bond donors (Lipinski definition) is 2. The fraction of sp³-hybridized carbons (Fsp3) is 0.923. The van der Waals surface area contributed by atoms with Crippen molar-refractivity contribution in [2.45, 2.75) is 45.6 Å². The van der Waals surface area contributed by atoms with Crippen LogP contribution >= 0.6 is 0 Å². The molecule has 1 fully saturated rings. The molecule has 4 nitrogen and oxygen atoms in total. The SMILES string of the molecule is CCN(CC)CC(=O)NC1CCCCC1CN. The molecule has 3 N–H and O–H groups in total. The average molecular weight is 241 g/mol. The van der Waals surface area contributed by atoms with Gasteiger partial charge in [-0.05, 0) is 38.4 Å². The Morgan fingerprint density at radius 1 is 1.29 bits per heavy atom. The predicted molar refractivity (Wildman–Crippen MR) is 70.7 cm³/mol. The minimum atomic E-state index is 0.152. The Morgan fingerprint density at radius 3 is 2.53 bits per heavy atom. The first-order chi connectivity index (χ1) is 8.21. The van der Waals surface area contributed by atoms with Gasteiger partial charge < -0.3 is 11.1 Å². The molecule has 0 bridgehead atoms. The van der Waals surface area contributed by atoms with Gasteiger partial charge in [0.1, 0.15) is 0 Å². The smallest absolute Gasteiger partial charge is 0.234 e. The van der Waals surface area contributed by atoms with E-state index >= 15 is 0 Å². The zero-order valence-corrected chi connectivity index (χ0v) is 11.2. The zero-order chi connectivity index (χ0) is 12.7. The predicted octanol–water partition coefficient (Wildman–Crippen LogP) is 0.962. The lowest BCUT2D eigenvalue weighted by Gasteiger charge is -2.32. The largest absolute Gasteiger partial charge is 0.352 e. The Labute approximate surface area is 105 Å². The highest BCUT2D eigenvalue weighted by Gasteiger charge is 2.25. The van der Waals surface area contributed by atoms with Crippen LogP contribution in [0.25, 0.3) is 0 Å². The molecule has 0 saturated heterocycles. The van der Waals surface area contributed by atoms with Crippen LogP contribution < -0.4 is 11.1 Å². The van der Waals surface area contributed by atoms with E-state index in [4.69, 9.17) is 5.73 Å². The van der Waals surface area contributed by atoms with Crippen molar-refractivity contribution in [3.63, 3.8) is 0 Å². The summed E-state index contributed by atoms with van der Waals surface area (Å²) in [6.07, 6.45) is 4.72. The third-order valence-corrected chi connectivity index (χ3v) is 3.82. The third kappa shape index (κ3) is 4.64. The van der Waals surface area contributed by atoms with Gasteiger partial charge in [0.05, 0.1) is 6.54 Å². The lowest BCUT2D eigenvalue weighted by Crippen LogP contribution is -2.48. The molecule has 1 aliphatic rings. The highest BCUT2D eigenvalue weighted by atomic mass is 16.2. The van der Waals surface area contributed by atoms with Gasteiger partial charge in [0.25, 0.3) is 0 Å². The van der Waals surface area contributed by atoms with Crippen molar-refractivity contribution in [1.29, 1.82) is 0 Å². The van der Waals surface area contributed by atoms with Crippen LogP contribution in [-0.2, 0) is 4.79 Å². The summed E-state index contributed by atoms with van der Waals surface area (Å²) in [5.41, 5.74) is 5.76. The number of amides is 1. The molecule has 0 aromatic carbocycles. The molecule has 2 unspecified atom stereocenters. The maximum Gasteiger partial charge on any atom is 0.234 e. The first-order valence-electron chi connectivity index (χ1n) is 6.93. The number of carbonyl (C=O) groups excluding carboxylic acids is 1. The quantitative estimate of drug-likeness (QED) is 0.728. The molecule has 0 aromatic heterocycles. The van der Waals surface area contributed by atoms with Crippen molar-refractivity contribution >= 4 is 5.91 Å². The Morgan fingerprint density at radius 2 is 1.94 bits per heavy atom.